The first-order valence-corrected chi connectivity index (χ1v) is 6.80. The molecule has 0 fully saturated rings. The van der Waals surface area contributed by atoms with Gasteiger partial charge in [0.05, 0.1) is 7.11 Å². The smallest absolute Gasteiger partial charge is 0.220 e. The summed E-state index contributed by atoms with van der Waals surface area (Å²) < 4.78 is 10.8. The number of methoxy groups -OCH3 is 2. The van der Waals surface area contributed by atoms with Crippen molar-refractivity contribution in [3.63, 3.8) is 0 Å². The first-order valence-electron chi connectivity index (χ1n) is 6.80. The normalized spacial score (nSPS) is 12.8. The highest BCUT2D eigenvalue weighted by atomic mass is 16.5. The van der Waals surface area contributed by atoms with Crippen molar-refractivity contribution >= 4 is 5.91 Å². The molecule has 0 aliphatic heterocycles. The van der Waals surface area contributed by atoms with E-state index >= 15 is 0 Å². The van der Waals surface area contributed by atoms with Gasteiger partial charge in [0.2, 0.25) is 5.91 Å². The summed E-state index contributed by atoms with van der Waals surface area (Å²) >= 11 is 0. The monoisotopic (exact) mass is 279 g/mol. The van der Waals surface area contributed by atoms with Gasteiger partial charge in [0.1, 0.15) is 11.9 Å². The third-order valence-electron chi connectivity index (χ3n) is 2.95. The van der Waals surface area contributed by atoms with Crippen LogP contribution in [-0.4, -0.2) is 26.7 Å². The van der Waals surface area contributed by atoms with Gasteiger partial charge in [0.15, 0.2) is 0 Å². The van der Waals surface area contributed by atoms with Gasteiger partial charge in [-0.1, -0.05) is 39.0 Å². The number of carbonyl (C=O) groups excluding carboxylic acids is 1. The maximum atomic E-state index is 11.9. The van der Waals surface area contributed by atoms with E-state index in [0.717, 1.165) is 11.3 Å². The predicted molar refractivity (Wildman–Crippen MR) is 79.8 cm³/mol. The molecule has 0 spiro atoms. The first kappa shape index (κ1) is 16.5. The molecule has 1 N–H and O–H groups in total. The fourth-order valence-electron chi connectivity index (χ4n) is 2.00. The molecule has 4 heteroatoms. The zero-order valence-corrected chi connectivity index (χ0v) is 13.0. The minimum Gasteiger partial charge on any atom is -0.496 e. The largest absolute Gasteiger partial charge is 0.496 e. The minimum atomic E-state index is -0.213. The molecule has 1 atom stereocenters. The number of rotatable bonds is 6. The van der Waals surface area contributed by atoms with Crippen LogP contribution in [-0.2, 0) is 9.53 Å². The van der Waals surface area contributed by atoms with Crippen molar-refractivity contribution in [2.45, 2.75) is 33.3 Å². The summed E-state index contributed by atoms with van der Waals surface area (Å²) in [5.41, 5.74) is 0.922. The quantitative estimate of drug-likeness (QED) is 0.871. The SMILES string of the molecule is COc1ccccc1C(CNC(=O)CC(C)(C)C)OC. The van der Waals surface area contributed by atoms with Crippen molar-refractivity contribution in [2.24, 2.45) is 5.41 Å². The van der Waals surface area contributed by atoms with Gasteiger partial charge in [-0.05, 0) is 11.5 Å². The highest BCUT2D eigenvalue weighted by Gasteiger charge is 2.19. The molecule has 4 nitrogen and oxygen atoms in total. The summed E-state index contributed by atoms with van der Waals surface area (Å²) in [6.45, 7) is 6.56. The van der Waals surface area contributed by atoms with Crippen LogP contribution < -0.4 is 10.1 Å². The van der Waals surface area contributed by atoms with Crippen molar-refractivity contribution in [2.75, 3.05) is 20.8 Å². The van der Waals surface area contributed by atoms with E-state index in [4.69, 9.17) is 9.47 Å². The lowest BCUT2D eigenvalue weighted by molar-refractivity contribution is -0.123. The summed E-state index contributed by atoms with van der Waals surface area (Å²) in [6.07, 6.45) is 0.282. The van der Waals surface area contributed by atoms with Crippen LogP contribution in [0.2, 0.25) is 0 Å². The second-order valence-corrected chi connectivity index (χ2v) is 6.01. The third-order valence-corrected chi connectivity index (χ3v) is 2.95. The number of ether oxygens (including phenoxy) is 2. The Kier molecular flexibility index (Phi) is 6.02. The molecule has 0 radical (unpaired) electrons. The topological polar surface area (TPSA) is 47.6 Å². The lowest BCUT2D eigenvalue weighted by atomic mass is 9.92. The Labute approximate surface area is 121 Å². The van der Waals surface area contributed by atoms with Gasteiger partial charge in [-0.2, -0.15) is 0 Å². The number of nitrogens with one attached hydrogen (secondary N) is 1. The van der Waals surface area contributed by atoms with Crippen molar-refractivity contribution < 1.29 is 14.3 Å². The van der Waals surface area contributed by atoms with E-state index in [1.165, 1.54) is 0 Å². The maximum Gasteiger partial charge on any atom is 0.220 e. The number of amides is 1. The molecule has 1 rings (SSSR count). The van der Waals surface area contributed by atoms with Gasteiger partial charge in [-0.25, -0.2) is 0 Å². The summed E-state index contributed by atoms with van der Waals surface area (Å²) in [4.78, 5) is 11.9. The van der Waals surface area contributed by atoms with Crippen LogP contribution in [0.1, 0.15) is 38.9 Å². The molecule has 112 valence electrons. The second-order valence-electron chi connectivity index (χ2n) is 6.01. The molecule has 0 aromatic heterocycles. The molecule has 20 heavy (non-hydrogen) atoms. The van der Waals surface area contributed by atoms with Gasteiger partial charge in [0.25, 0.3) is 0 Å². The molecular weight excluding hydrogens is 254 g/mol. The van der Waals surface area contributed by atoms with Crippen LogP contribution in [0.4, 0.5) is 0 Å². The molecule has 0 saturated carbocycles. The highest BCUT2D eigenvalue weighted by Crippen LogP contribution is 2.26. The van der Waals surface area contributed by atoms with Gasteiger partial charge >= 0.3 is 0 Å². The fourth-order valence-corrected chi connectivity index (χ4v) is 2.00. The Balaban J connectivity index is 2.66. The van der Waals surface area contributed by atoms with Gasteiger partial charge < -0.3 is 14.8 Å². The van der Waals surface area contributed by atoms with E-state index in [1.807, 2.05) is 45.0 Å². The van der Waals surface area contributed by atoms with E-state index in [2.05, 4.69) is 5.32 Å². The maximum absolute atomic E-state index is 11.9. The molecule has 0 aliphatic rings. The molecule has 0 bridgehead atoms. The molecule has 0 saturated heterocycles. The van der Waals surface area contributed by atoms with Crippen molar-refractivity contribution in [3.05, 3.63) is 29.8 Å². The standard InChI is InChI=1S/C16H25NO3/c1-16(2,3)10-15(18)17-11-14(20-5)12-8-6-7-9-13(12)19-4/h6-9,14H,10-11H2,1-5H3,(H,17,18). The van der Waals surface area contributed by atoms with Gasteiger partial charge in [-0.3, -0.25) is 4.79 Å². The number of hydrogen-bond donors (Lipinski definition) is 1. The van der Waals surface area contributed by atoms with Crippen molar-refractivity contribution in [1.82, 2.24) is 5.32 Å². The van der Waals surface area contributed by atoms with E-state index < -0.39 is 0 Å². The molecule has 1 aromatic carbocycles. The summed E-state index contributed by atoms with van der Waals surface area (Å²) in [5.74, 6) is 0.805. The van der Waals surface area contributed by atoms with E-state index in [9.17, 15) is 4.79 Å². The van der Waals surface area contributed by atoms with Crippen LogP contribution in [0.15, 0.2) is 24.3 Å². The first-order chi connectivity index (χ1) is 9.37. The van der Waals surface area contributed by atoms with E-state index in [-0.39, 0.29) is 17.4 Å². The zero-order chi connectivity index (χ0) is 15.2. The number of carbonyl (C=O) groups is 1. The molecule has 1 unspecified atom stereocenters. The summed E-state index contributed by atoms with van der Waals surface area (Å²) in [5, 5.41) is 2.92. The second kappa shape index (κ2) is 7.29. The fraction of sp³-hybridized carbons (Fsp3) is 0.562. The molecule has 0 aliphatic carbocycles. The lowest BCUT2D eigenvalue weighted by Crippen LogP contribution is -2.31. The number of hydrogen-bond acceptors (Lipinski definition) is 3. The van der Waals surface area contributed by atoms with Crippen LogP contribution >= 0.6 is 0 Å². The molecule has 1 amide bonds. The van der Waals surface area contributed by atoms with Crippen LogP contribution in [0.5, 0.6) is 5.75 Å². The average Bonchev–Trinajstić information content (AvgIpc) is 2.38. The minimum absolute atomic E-state index is 0.0168. The average molecular weight is 279 g/mol. The van der Waals surface area contributed by atoms with E-state index in [1.54, 1.807) is 14.2 Å². The molecule has 1 aromatic rings. The summed E-state index contributed by atoms with van der Waals surface area (Å²) in [6, 6.07) is 7.68. The predicted octanol–water partition coefficient (Wildman–Crippen LogP) is 2.94. The van der Waals surface area contributed by atoms with Crippen molar-refractivity contribution in [3.8, 4) is 5.75 Å². The van der Waals surface area contributed by atoms with E-state index in [0.29, 0.717) is 13.0 Å². The Morgan fingerprint density at radius 2 is 1.90 bits per heavy atom. The third kappa shape index (κ3) is 5.21. The Morgan fingerprint density at radius 3 is 2.45 bits per heavy atom. The summed E-state index contributed by atoms with van der Waals surface area (Å²) in [7, 11) is 3.26. The van der Waals surface area contributed by atoms with Crippen LogP contribution in [0.3, 0.4) is 0 Å². The van der Waals surface area contributed by atoms with Crippen molar-refractivity contribution in [1.29, 1.82) is 0 Å². The Bertz CT molecular complexity index is 438. The van der Waals surface area contributed by atoms with Gasteiger partial charge in [0, 0.05) is 25.6 Å². The van der Waals surface area contributed by atoms with Crippen LogP contribution in [0.25, 0.3) is 0 Å². The Morgan fingerprint density at radius 1 is 1.25 bits per heavy atom. The van der Waals surface area contributed by atoms with Crippen LogP contribution in [0, 0.1) is 5.41 Å². The lowest BCUT2D eigenvalue weighted by Gasteiger charge is -2.21. The Hall–Kier alpha value is -1.55. The van der Waals surface area contributed by atoms with Gasteiger partial charge in [-0.15, -0.1) is 0 Å². The zero-order valence-electron chi connectivity index (χ0n) is 13.0. The molecule has 0 heterocycles. The number of benzene rings is 1. The highest BCUT2D eigenvalue weighted by molar-refractivity contribution is 5.76. The number of para-hydroxylation sites is 1. The molecular formula is C16H25NO3.